The molecule has 28 heavy (non-hydrogen) atoms. The first-order valence-electron chi connectivity index (χ1n) is 10.4. The average Bonchev–Trinajstić information content (AvgIpc) is 2.99. The van der Waals surface area contributed by atoms with Gasteiger partial charge in [-0.3, -0.25) is 9.69 Å². The molecular weight excluding hydrogens is 352 g/mol. The maximum atomic E-state index is 13.1. The Kier molecular flexibility index (Phi) is 5.13. The van der Waals surface area contributed by atoms with E-state index in [0.717, 1.165) is 50.6 Å². The molecular formula is C23H32N2O3. The van der Waals surface area contributed by atoms with Crippen molar-refractivity contribution >= 4 is 5.91 Å². The monoisotopic (exact) mass is 384 g/mol. The van der Waals surface area contributed by atoms with Crippen molar-refractivity contribution in [1.29, 1.82) is 0 Å². The Bertz CT molecular complexity index is 774. The molecule has 2 heterocycles. The minimum absolute atomic E-state index is 0.132. The number of hydrogen-bond donors (Lipinski definition) is 0. The van der Waals surface area contributed by atoms with E-state index in [4.69, 9.17) is 9.47 Å². The van der Waals surface area contributed by atoms with Crippen LogP contribution in [0.15, 0.2) is 29.8 Å². The molecule has 2 fully saturated rings. The highest BCUT2D eigenvalue weighted by atomic mass is 16.7. The predicted molar refractivity (Wildman–Crippen MR) is 109 cm³/mol. The molecule has 1 saturated heterocycles. The molecule has 0 aromatic heterocycles. The van der Waals surface area contributed by atoms with E-state index in [0.29, 0.717) is 18.6 Å². The number of piperazine rings is 1. The van der Waals surface area contributed by atoms with Gasteiger partial charge in [-0.05, 0) is 49.3 Å². The van der Waals surface area contributed by atoms with Crippen molar-refractivity contribution in [3.05, 3.63) is 35.4 Å². The summed E-state index contributed by atoms with van der Waals surface area (Å²) in [5.41, 5.74) is 2.70. The van der Waals surface area contributed by atoms with Crippen LogP contribution in [0.1, 0.15) is 39.7 Å². The van der Waals surface area contributed by atoms with E-state index in [1.807, 2.05) is 6.07 Å². The third kappa shape index (κ3) is 3.77. The number of allylic oxidation sites excluding steroid dienone is 2. The lowest BCUT2D eigenvalue weighted by Crippen LogP contribution is -2.49. The van der Waals surface area contributed by atoms with Crippen molar-refractivity contribution in [2.45, 2.75) is 40.7 Å². The standard InChI is InChI=1S/C23H32N2O3/c1-16(2)5-7-18-21(23(18,3)4)22(26)25-11-9-24(10-12-25)14-17-6-8-19-20(13-17)28-15-27-19/h5-6,8,13,18,21H,7,9-12,14-15H2,1-4H3. The van der Waals surface area contributed by atoms with Gasteiger partial charge in [-0.1, -0.05) is 31.6 Å². The fourth-order valence-corrected chi connectivity index (χ4v) is 4.66. The van der Waals surface area contributed by atoms with Crippen LogP contribution in [-0.4, -0.2) is 48.7 Å². The van der Waals surface area contributed by atoms with Gasteiger partial charge in [0.1, 0.15) is 0 Å². The van der Waals surface area contributed by atoms with Crippen LogP contribution >= 0.6 is 0 Å². The van der Waals surface area contributed by atoms with E-state index < -0.39 is 0 Å². The molecule has 1 amide bonds. The second-order valence-electron chi connectivity index (χ2n) is 9.21. The van der Waals surface area contributed by atoms with Gasteiger partial charge in [-0.2, -0.15) is 0 Å². The number of rotatable bonds is 5. The second-order valence-corrected chi connectivity index (χ2v) is 9.21. The Hall–Kier alpha value is -2.01. The van der Waals surface area contributed by atoms with Crippen LogP contribution < -0.4 is 9.47 Å². The summed E-state index contributed by atoms with van der Waals surface area (Å²) in [7, 11) is 0. The zero-order chi connectivity index (χ0) is 19.9. The largest absolute Gasteiger partial charge is 0.454 e. The molecule has 4 rings (SSSR count). The van der Waals surface area contributed by atoms with Gasteiger partial charge in [0.15, 0.2) is 11.5 Å². The van der Waals surface area contributed by atoms with Gasteiger partial charge in [-0.15, -0.1) is 0 Å². The highest BCUT2D eigenvalue weighted by molar-refractivity contribution is 5.83. The van der Waals surface area contributed by atoms with E-state index in [-0.39, 0.29) is 11.3 Å². The molecule has 5 heteroatoms. The van der Waals surface area contributed by atoms with E-state index >= 15 is 0 Å². The first-order chi connectivity index (χ1) is 13.4. The van der Waals surface area contributed by atoms with Crippen LogP contribution in [0.5, 0.6) is 11.5 Å². The summed E-state index contributed by atoms with van der Waals surface area (Å²) in [5, 5.41) is 0. The Labute approximate surface area is 168 Å². The number of fused-ring (bicyclic) bond motifs is 1. The third-order valence-corrected chi connectivity index (χ3v) is 6.62. The number of hydrogen-bond acceptors (Lipinski definition) is 4. The third-order valence-electron chi connectivity index (χ3n) is 6.62. The van der Waals surface area contributed by atoms with Crippen LogP contribution in [0.3, 0.4) is 0 Å². The summed E-state index contributed by atoms with van der Waals surface area (Å²) in [6.07, 6.45) is 3.30. The predicted octanol–water partition coefficient (Wildman–Crippen LogP) is 3.69. The first-order valence-corrected chi connectivity index (χ1v) is 10.4. The van der Waals surface area contributed by atoms with Crippen molar-refractivity contribution in [2.24, 2.45) is 17.3 Å². The number of carbonyl (C=O) groups is 1. The van der Waals surface area contributed by atoms with E-state index in [1.165, 1.54) is 11.1 Å². The molecule has 152 valence electrons. The van der Waals surface area contributed by atoms with Crippen LogP contribution in [0.2, 0.25) is 0 Å². The highest BCUT2D eigenvalue weighted by Crippen LogP contribution is 2.60. The van der Waals surface area contributed by atoms with Crippen LogP contribution in [0.25, 0.3) is 0 Å². The van der Waals surface area contributed by atoms with Crippen molar-refractivity contribution in [3.8, 4) is 11.5 Å². The summed E-state index contributed by atoms with van der Waals surface area (Å²) in [6.45, 7) is 13.4. The molecule has 0 radical (unpaired) electrons. The molecule has 2 aliphatic heterocycles. The van der Waals surface area contributed by atoms with Gasteiger partial charge in [0.05, 0.1) is 0 Å². The van der Waals surface area contributed by atoms with Crippen LogP contribution in [-0.2, 0) is 11.3 Å². The number of ether oxygens (including phenoxy) is 2. The number of carbonyl (C=O) groups excluding carboxylic acids is 1. The fourth-order valence-electron chi connectivity index (χ4n) is 4.66. The molecule has 1 saturated carbocycles. The molecule has 1 aliphatic carbocycles. The summed E-state index contributed by atoms with van der Waals surface area (Å²) < 4.78 is 10.9. The number of nitrogens with zero attached hydrogens (tertiary/aromatic N) is 2. The number of amides is 1. The SMILES string of the molecule is CC(C)=CCC1C(C(=O)N2CCN(Cc3ccc4c(c3)OCO4)CC2)C1(C)C. The summed E-state index contributed by atoms with van der Waals surface area (Å²) in [4.78, 5) is 17.6. The molecule has 0 N–H and O–H groups in total. The summed E-state index contributed by atoms with van der Waals surface area (Å²) in [5.74, 6) is 2.70. The Morgan fingerprint density at radius 2 is 1.86 bits per heavy atom. The maximum Gasteiger partial charge on any atom is 0.231 e. The van der Waals surface area contributed by atoms with Crippen LogP contribution in [0, 0.1) is 17.3 Å². The first kappa shape index (κ1) is 19.3. The quantitative estimate of drug-likeness (QED) is 0.726. The second kappa shape index (κ2) is 7.43. The molecule has 0 bridgehead atoms. The van der Waals surface area contributed by atoms with Crippen molar-refractivity contribution in [3.63, 3.8) is 0 Å². The van der Waals surface area contributed by atoms with Crippen molar-refractivity contribution < 1.29 is 14.3 Å². The van der Waals surface area contributed by atoms with Gasteiger partial charge < -0.3 is 14.4 Å². The molecule has 0 spiro atoms. The van der Waals surface area contributed by atoms with Gasteiger partial charge in [0.2, 0.25) is 12.7 Å². The lowest BCUT2D eigenvalue weighted by molar-refractivity contribution is -0.135. The maximum absolute atomic E-state index is 13.1. The molecule has 5 nitrogen and oxygen atoms in total. The van der Waals surface area contributed by atoms with Gasteiger partial charge >= 0.3 is 0 Å². The lowest BCUT2D eigenvalue weighted by Gasteiger charge is -2.35. The summed E-state index contributed by atoms with van der Waals surface area (Å²) >= 11 is 0. The Morgan fingerprint density at radius 3 is 2.57 bits per heavy atom. The zero-order valence-electron chi connectivity index (χ0n) is 17.5. The van der Waals surface area contributed by atoms with Crippen molar-refractivity contribution in [2.75, 3.05) is 33.0 Å². The zero-order valence-corrected chi connectivity index (χ0v) is 17.5. The molecule has 1 aromatic rings. The molecule has 3 aliphatic rings. The topological polar surface area (TPSA) is 42.0 Å². The minimum Gasteiger partial charge on any atom is -0.454 e. The smallest absolute Gasteiger partial charge is 0.231 e. The average molecular weight is 385 g/mol. The van der Waals surface area contributed by atoms with E-state index in [9.17, 15) is 4.79 Å². The summed E-state index contributed by atoms with van der Waals surface area (Å²) in [6, 6.07) is 6.16. The molecule has 1 aromatic carbocycles. The Morgan fingerprint density at radius 1 is 1.14 bits per heavy atom. The van der Waals surface area contributed by atoms with Gasteiger partial charge in [-0.25, -0.2) is 0 Å². The van der Waals surface area contributed by atoms with E-state index in [1.54, 1.807) is 0 Å². The fraction of sp³-hybridized carbons (Fsp3) is 0.609. The lowest BCUT2D eigenvalue weighted by atomic mass is 10.1. The van der Waals surface area contributed by atoms with Crippen LogP contribution in [0.4, 0.5) is 0 Å². The van der Waals surface area contributed by atoms with Gasteiger partial charge in [0, 0.05) is 38.6 Å². The van der Waals surface area contributed by atoms with E-state index in [2.05, 4.69) is 55.7 Å². The normalized spacial score (nSPS) is 25.5. The van der Waals surface area contributed by atoms with Gasteiger partial charge in [0.25, 0.3) is 0 Å². The molecule has 2 atom stereocenters. The van der Waals surface area contributed by atoms with Crippen molar-refractivity contribution in [1.82, 2.24) is 9.80 Å². The highest BCUT2D eigenvalue weighted by Gasteiger charge is 2.61. The Balaban J connectivity index is 1.29. The molecule has 2 unspecified atom stereocenters. The number of benzene rings is 1. The minimum atomic E-state index is 0.132.